The maximum absolute atomic E-state index is 12.5. The van der Waals surface area contributed by atoms with E-state index in [-0.39, 0.29) is 23.8 Å². The summed E-state index contributed by atoms with van der Waals surface area (Å²) in [5.41, 5.74) is 0.990. The van der Waals surface area contributed by atoms with Gasteiger partial charge in [-0.3, -0.25) is 4.79 Å². The molecule has 1 amide bonds. The van der Waals surface area contributed by atoms with Crippen LogP contribution in [0.5, 0.6) is 5.75 Å². The topological polar surface area (TPSA) is 67.8 Å². The van der Waals surface area contributed by atoms with Crippen molar-refractivity contribution in [3.05, 3.63) is 29.8 Å². The zero-order valence-corrected chi connectivity index (χ0v) is 15.0. The second-order valence-electron chi connectivity index (χ2n) is 7.47. The van der Waals surface area contributed by atoms with E-state index in [1.807, 2.05) is 12.1 Å². The van der Waals surface area contributed by atoms with Crippen LogP contribution in [0, 0.1) is 11.3 Å². The molecule has 3 rings (SSSR count). The molecule has 1 heterocycles. The number of carbonyl (C=O) groups excluding carboxylic acids is 1. The molecule has 5 nitrogen and oxygen atoms in total. The molecule has 1 aliphatic carbocycles. The molecule has 1 unspecified atom stereocenters. The summed E-state index contributed by atoms with van der Waals surface area (Å²) in [6.07, 6.45) is 4.50. The Morgan fingerprint density at radius 3 is 2.56 bits per heavy atom. The van der Waals surface area contributed by atoms with Gasteiger partial charge in [0.1, 0.15) is 5.75 Å². The van der Waals surface area contributed by atoms with E-state index in [9.17, 15) is 9.90 Å². The summed E-state index contributed by atoms with van der Waals surface area (Å²) >= 11 is 0. The highest BCUT2D eigenvalue weighted by Gasteiger charge is 2.35. The zero-order chi connectivity index (χ0) is 17.7. The van der Waals surface area contributed by atoms with Crippen LogP contribution >= 0.6 is 0 Å². The number of nitrogens with one attached hydrogen (secondary N) is 1. The SMILES string of the molecule is COc1ccc(C(CC(=O)NCC2(CO)CCOCC2)C2CC2)cc1. The highest BCUT2D eigenvalue weighted by molar-refractivity contribution is 5.77. The van der Waals surface area contributed by atoms with Crippen molar-refractivity contribution in [3.63, 3.8) is 0 Å². The number of hydrogen-bond donors (Lipinski definition) is 2. The molecule has 0 radical (unpaired) electrons. The quantitative estimate of drug-likeness (QED) is 0.758. The van der Waals surface area contributed by atoms with Crippen molar-refractivity contribution < 1.29 is 19.4 Å². The third-order valence-electron chi connectivity index (χ3n) is 5.69. The van der Waals surface area contributed by atoms with Crippen LogP contribution < -0.4 is 10.1 Å². The van der Waals surface area contributed by atoms with Crippen LogP contribution in [0.25, 0.3) is 0 Å². The van der Waals surface area contributed by atoms with E-state index in [0.717, 1.165) is 18.6 Å². The molecule has 1 aromatic carbocycles. The van der Waals surface area contributed by atoms with Crippen molar-refractivity contribution in [2.45, 2.75) is 38.0 Å². The summed E-state index contributed by atoms with van der Waals surface area (Å²) < 4.78 is 10.6. The Morgan fingerprint density at radius 1 is 1.32 bits per heavy atom. The van der Waals surface area contributed by atoms with Gasteiger partial charge in [-0.05, 0) is 55.2 Å². The Balaban J connectivity index is 1.57. The minimum absolute atomic E-state index is 0.0760. The molecule has 1 saturated heterocycles. The largest absolute Gasteiger partial charge is 0.497 e. The number of benzene rings is 1. The maximum atomic E-state index is 12.5. The fourth-order valence-electron chi connectivity index (χ4n) is 3.66. The molecular formula is C20H29NO4. The van der Waals surface area contributed by atoms with Crippen LogP contribution in [0.3, 0.4) is 0 Å². The van der Waals surface area contributed by atoms with Gasteiger partial charge in [0.2, 0.25) is 5.91 Å². The van der Waals surface area contributed by atoms with Crippen LogP contribution in [0.15, 0.2) is 24.3 Å². The fraction of sp³-hybridized carbons (Fsp3) is 0.650. The summed E-state index contributed by atoms with van der Waals surface area (Å²) in [5.74, 6) is 1.79. The fourth-order valence-corrected chi connectivity index (χ4v) is 3.66. The van der Waals surface area contributed by atoms with Crippen molar-refractivity contribution >= 4 is 5.91 Å². The van der Waals surface area contributed by atoms with Crippen LogP contribution in [0.2, 0.25) is 0 Å². The van der Waals surface area contributed by atoms with Gasteiger partial charge in [0.15, 0.2) is 0 Å². The predicted molar refractivity (Wildman–Crippen MR) is 95.7 cm³/mol. The summed E-state index contributed by atoms with van der Waals surface area (Å²) in [4.78, 5) is 12.5. The van der Waals surface area contributed by atoms with Crippen molar-refractivity contribution in [3.8, 4) is 5.75 Å². The van der Waals surface area contributed by atoms with Crippen molar-refractivity contribution in [1.29, 1.82) is 0 Å². The summed E-state index contributed by atoms with van der Waals surface area (Å²) in [7, 11) is 1.66. The van der Waals surface area contributed by atoms with Crippen molar-refractivity contribution in [1.82, 2.24) is 5.32 Å². The second-order valence-corrected chi connectivity index (χ2v) is 7.47. The number of aliphatic hydroxyl groups is 1. The van der Waals surface area contributed by atoms with E-state index >= 15 is 0 Å². The van der Waals surface area contributed by atoms with Gasteiger partial charge in [0.25, 0.3) is 0 Å². The molecule has 1 aliphatic heterocycles. The number of ether oxygens (including phenoxy) is 2. The zero-order valence-electron chi connectivity index (χ0n) is 15.0. The third-order valence-corrected chi connectivity index (χ3v) is 5.69. The first-order valence-electron chi connectivity index (χ1n) is 9.25. The lowest BCUT2D eigenvalue weighted by Gasteiger charge is -2.35. The van der Waals surface area contributed by atoms with Gasteiger partial charge < -0.3 is 19.9 Å². The van der Waals surface area contributed by atoms with Gasteiger partial charge in [-0.15, -0.1) is 0 Å². The van der Waals surface area contributed by atoms with Gasteiger partial charge in [-0.2, -0.15) is 0 Å². The minimum atomic E-state index is -0.219. The average Bonchev–Trinajstić information content (AvgIpc) is 3.50. The first-order chi connectivity index (χ1) is 12.2. The van der Waals surface area contributed by atoms with Crippen LogP contribution in [-0.4, -0.2) is 44.5 Å². The van der Waals surface area contributed by atoms with Gasteiger partial charge in [0.05, 0.1) is 13.7 Å². The normalized spacial score (nSPS) is 20.7. The highest BCUT2D eigenvalue weighted by Crippen LogP contribution is 2.44. The number of methoxy groups -OCH3 is 1. The number of carbonyl (C=O) groups is 1. The second kappa shape index (κ2) is 8.19. The van der Waals surface area contributed by atoms with Gasteiger partial charge in [0, 0.05) is 31.6 Å². The van der Waals surface area contributed by atoms with E-state index in [2.05, 4.69) is 17.4 Å². The van der Waals surface area contributed by atoms with E-state index in [1.165, 1.54) is 18.4 Å². The first kappa shape index (κ1) is 18.2. The lowest BCUT2D eigenvalue weighted by atomic mass is 9.81. The van der Waals surface area contributed by atoms with Crippen molar-refractivity contribution in [2.75, 3.05) is 33.5 Å². The lowest BCUT2D eigenvalue weighted by molar-refractivity contribution is -0.122. The molecule has 138 valence electrons. The van der Waals surface area contributed by atoms with Gasteiger partial charge in [-0.25, -0.2) is 0 Å². The Labute approximate surface area is 149 Å². The molecule has 25 heavy (non-hydrogen) atoms. The number of amides is 1. The highest BCUT2D eigenvalue weighted by atomic mass is 16.5. The van der Waals surface area contributed by atoms with E-state index in [4.69, 9.17) is 9.47 Å². The van der Waals surface area contributed by atoms with Crippen LogP contribution in [-0.2, 0) is 9.53 Å². The lowest BCUT2D eigenvalue weighted by Crippen LogP contribution is -2.44. The van der Waals surface area contributed by atoms with Crippen LogP contribution in [0.1, 0.15) is 43.6 Å². The molecule has 2 aliphatic rings. The Bertz CT molecular complexity index is 562. The molecule has 2 fully saturated rings. The summed E-state index contributed by atoms with van der Waals surface area (Å²) in [6.45, 7) is 1.95. The van der Waals surface area contributed by atoms with Crippen molar-refractivity contribution in [2.24, 2.45) is 11.3 Å². The molecule has 5 heteroatoms. The molecule has 2 N–H and O–H groups in total. The number of aliphatic hydroxyl groups excluding tert-OH is 1. The van der Waals surface area contributed by atoms with Gasteiger partial charge >= 0.3 is 0 Å². The Kier molecular flexibility index (Phi) is 5.97. The van der Waals surface area contributed by atoms with E-state index in [0.29, 0.717) is 32.1 Å². The van der Waals surface area contributed by atoms with E-state index < -0.39 is 0 Å². The Morgan fingerprint density at radius 2 is 2.00 bits per heavy atom. The molecule has 1 atom stereocenters. The molecule has 0 spiro atoms. The maximum Gasteiger partial charge on any atom is 0.220 e. The van der Waals surface area contributed by atoms with Gasteiger partial charge in [-0.1, -0.05) is 12.1 Å². The molecule has 0 bridgehead atoms. The smallest absolute Gasteiger partial charge is 0.220 e. The summed E-state index contributed by atoms with van der Waals surface area (Å²) in [5, 5.41) is 12.8. The number of rotatable bonds is 8. The first-order valence-corrected chi connectivity index (χ1v) is 9.25. The molecular weight excluding hydrogens is 318 g/mol. The monoisotopic (exact) mass is 347 g/mol. The van der Waals surface area contributed by atoms with Crippen LogP contribution in [0.4, 0.5) is 0 Å². The Hall–Kier alpha value is -1.59. The molecule has 1 aromatic rings. The molecule has 0 aromatic heterocycles. The average molecular weight is 347 g/mol. The molecule has 1 saturated carbocycles. The standard InChI is InChI=1S/C20H29NO4/c1-24-17-6-4-16(5-7-17)18(15-2-3-15)12-19(23)21-13-20(14-22)8-10-25-11-9-20/h4-7,15,18,22H,2-3,8-14H2,1H3,(H,21,23). The number of hydrogen-bond acceptors (Lipinski definition) is 4. The summed E-state index contributed by atoms with van der Waals surface area (Å²) in [6, 6.07) is 8.07. The minimum Gasteiger partial charge on any atom is -0.497 e. The predicted octanol–water partition coefficient (Wildman–Crippen LogP) is 2.48. The van der Waals surface area contributed by atoms with E-state index in [1.54, 1.807) is 7.11 Å². The third kappa shape index (κ3) is 4.73.